The number of ether oxygens (including phenoxy) is 14. The van der Waals surface area contributed by atoms with Gasteiger partial charge in [-0.1, -0.05) is 48.0 Å². The lowest BCUT2D eigenvalue weighted by atomic mass is 9.42. The highest BCUT2D eigenvalue weighted by Gasteiger charge is 2.82. The minimum atomic E-state index is -2.16. The summed E-state index contributed by atoms with van der Waals surface area (Å²) in [6, 6.07) is 16.9. The standard InChI is InChI=1S/C63H88O22/c1-33-50(65)55(75-10)51(66)58(80-33)85-54-36(4)79-49(30-44(54)74-9)84-53-35(3)78-48(29-43(53)73-8)83-52-34(2)77-47(28-42(52)72-7)81-41-22-23-60(32-76-56(67)38-17-13-11-14-18-38)40(27-41)21-24-62(70)45(60)31-46(82-57(68)39-19-15-12-16-20-39)59(6)61(69,37(5)64)25-26-63(59,62)71/h11-21,33-36,41-55,58,65-66,69-71H,22-32H2,1-10H3. The summed E-state index contributed by atoms with van der Waals surface area (Å²) in [7, 11) is 6.18. The number of carbonyl (C=O) groups is 3. The fourth-order valence-electron chi connectivity index (χ4n) is 15.8. The molecule has 2 aromatic carbocycles. The van der Waals surface area contributed by atoms with E-state index in [0.717, 1.165) is 5.57 Å². The molecule has 0 aromatic heterocycles. The second kappa shape index (κ2) is 25.5. The average molecular weight is 1200 g/mol. The van der Waals surface area contributed by atoms with Crippen molar-refractivity contribution < 1.29 is 106 Å². The van der Waals surface area contributed by atoms with Crippen molar-refractivity contribution in [1.82, 2.24) is 0 Å². The molecule has 472 valence electrons. The van der Waals surface area contributed by atoms with Gasteiger partial charge < -0.3 is 91.8 Å². The number of Topliss-reactive ketones (excluding diaryl/α,β-unsaturated/α-hetero) is 1. The molecule has 25 unspecified atom stereocenters. The van der Waals surface area contributed by atoms with E-state index in [-0.39, 0.29) is 44.3 Å². The molecule has 4 saturated heterocycles. The van der Waals surface area contributed by atoms with Crippen LogP contribution in [0.3, 0.4) is 0 Å². The second-order valence-electron chi connectivity index (χ2n) is 25.0. The van der Waals surface area contributed by atoms with Crippen molar-refractivity contribution in [3.63, 3.8) is 0 Å². The van der Waals surface area contributed by atoms with Gasteiger partial charge in [0.05, 0.1) is 65.4 Å². The quantitative estimate of drug-likeness (QED) is 0.100. The molecule has 85 heavy (non-hydrogen) atoms. The van der Waals surface area contributed by atoms with Crippen LogP contribution in [-0.2, 0) is 71.1 Å². The van der Waals surface area contributed by atoms with E-state index in [1.165, 1.54) is 21.0 Å². The third-order valence-corrected chi connectivity index (χ3v) is 20.7. The predicted octanol–water partition coefficient (Wildman–Crippen LogP) is 4.64. The van der Waals surface area contributed by atoms with E-state index in [1.54, 1.807) is 88.9 Å². The number of benzene rings is 2. The van der Waals surface area contributed by atoms with Crippen molar-refractivity contribution in [3.8, 4) is 0 Å². The molecule has 25 atom stereocenters. The number of aliphatic hydroxyl groups excluding tert-OH is 2. The Bertz CT molecular complexity index is 2670. The summed E-state index contributed by atoms with van der Waals surface area (Å²) in [4.78, 5) is 41.5. The minimum absolute atomic E-state index is 0.0715. The van der Waals surface area contributed by atoms with Gasteiger partial charge in [-0.15, -0.1) is 0 Å². The molecule has 0 bridgehead atoms. The van der Waals surface area contributed by atoms with Gasteiger partial charge in [0.25, 0.3) is 0 Å². The fourth-order valence-corrected chi connectivity index (χ4v) is 15.8. The molecular formula is C63H88O22. The molecular weight excluding hydrogens is 1110 g/mol. The predicted molar refractivity (Wildman–Crippen MR) is 298 cm³/mol. The van der Waals surface area contributed by atoms with E-state index in [0.29, 0.717) is 37.7 Å². The van der Waals surface area contributed by atoms with Crippen LogP contribution in [0.4, 0.5) is 0 Å². The summed E-state index contributed by atoms with van der Waals surface area (Å²) >= 11 is 0. The number of aliphatic hydroxyl groups is 5. The number of methoxy groups -OCH3 is 4. The summed E-state index contributed by atoms with van der Waals surface area (Å²) in [5, 5.41) is 60.6. The SMILES string of the molecule is COC1CC(OC2CCC3(COC(=O)c4ccccc4)C(=CCC4(O)C3CC(OC(=O)c3ccccc3)C3(C)C(O)(C(C)=O)CCC43O)C2)OC(C)C1OC1CC(OC)C(OC2CC(OC)C(OC3OC(C)C(O)C(OC)C3O)C(C)O2)C(C)O1. The Morgan fingerprint density at radius 2 is 1.12 bits per heavy atom. The van der Waals surface area contributed by atoms with Crippen molar-refractivity contribution in [1.29, 1.82) is 0 Å². The Hall–Kier alpha value is -3.89. The van der Waals surface area contributed by atoms with E-state index in [9.17, 15) is 39.9 Å². The lowest BCUT2D eigenvalue weighted by Crippen LogP contribution is -2.78. The number of carbonyl (C=O) groups excluding carboxylic acids is 3. The van der Waals surface area contributed by atoms with Crippen molar-refractivity contribution in [2.75, 3.05) is 35.0 Å². The van der Waals surface area contributed by atoms with Crippen LogP contribution in [0, 0.1) is 16.7 Å². The number of ketones is 1. The first-order valence-electron chi connectivity index (χ1n) is 30.1. The molecule has 3 saturated carbocycles. The van der Waals surface area contributed by atoms with Crippen LogP contribution in [0.5, 0.6) is 0 Å². The van der Waals surface area contributed by atoms with Crippen molar-refractivity contribution in [2.45, 2.75) is 239 Å². The third-order valence-electron chi connectivity index (χ3n) is 20.7. The Kier molecular flexibility index (Phi) is 19.3. The first-order chi connectivity index (χ1) is 40.5. The largest absolute Gasteiger partial charge is 0.461 e. The van der Waals surface area contributed by atoms with E-state index in [1.807, 2.05) is 26.8 Å². The lowest BCUT2D eigenvalue weighted by molar-refractivity contribution is -0.356. The molecule has 7 fully saturated rings. The maximum absolute atomic E-state index is 14.0. The van der Waals surface area contributed by atoms with Crippen molar-refractivity contribution >= 4 is 17.7 Å². The third kappa shape index (κ3) is 11.5. The summed E-state index contributed by atoms with van der Waals surface area (Å²) in [5.74, 6) is -2.81. The zero-order valence-corrected chi connectivity index (χ0v) is 50.4. The molecule has 22 heteroatoms. The van der Waals surface area contributed by atoms with E-state index >= 15 is 0 Å². The van der Waals surface area contributed by atoms with Gasteiger partial charge in [0.1, 0.15) is 66.1 Å². The normalized spacial score (nSPS) is 45.3. The number of hydrogen-bond acceptors (Lipinski definition) is 22. The molecule has 0 amide bonds. The molecule has 0 spiro atoms. The lowest BCUT2D eigenvalue weighted by Gasteiger charge is -2.67. The topological polar surface area (TPSA) is 282 Å². The summed E-state index contributed by atoms with van der Waals surface area (Å²) in [5.41, 5.74) is -7.89. The molecule has 4 aliphatic carbocycles. The summed E-state index contributed by atoms with van der Waals surface area (Å²) in [6.07, 6.45) is -10.5. The average Bonchev–Trinajstić information content (AvgIpc) is 1.63. The van der Waals surface area contributed by atoms with E-state index in [2.05, 4.69) is 0 Å². The Labute approximate surface area is 496 Å². The van der Waals surface area contributed by atoms with Gasteiger partial charge in [0.2, 0.25) is 0 Å². The van der Waals surface area contributed by atoms with E-state index in [4.69, 9.17) is 66.3 Å². The van der Waals surface area contributed by atoms with Crippen molar-refractivity contribution in [3.05, 3.63) is 83.4 Å². The van der Waals surface area contributed by atoms with Crippen LogP contribution in [0.15, 0.2) is 72.3 Å². The highest BCUT2D eigenvalue weighted by molar-refractivity contribution is 5.90. The van der Waals surface area contributed by atoms with Gasteiger partial charge in [0, 0.05) is 59.0 Å². The monoisotopic (exact) mass is 1200 g/mol. The molecule has 22 nitrogen and oxygen atoms in total. The number of esters is 2. The summed E-state index contributed by atoms with van der Waals surface area (Å²) in [6.45, 7) is 9.86. The van der Waals surface area contributed by atoms with Gasteiger partial charge >= 0.3 is 11.9 Å². The van der Waals surface area contributed by atoms with Crippen LogP contribution in [0.2, 0.25) is 0 Å². The Balaban J connectivity index is 0.810. The number of rotatable bonds is 18. The zero-order valence-electron chi connectivity index (χ0n) is 50.4. The molecule has 5 N–H and O–H groups in total. The molecule has 8 aliphatic rings. The van der Waals surface area contributed by atoms with E-state index < -0.39 is 168 Å². The van der Waals surface area contributed by atoms with Crippen LogP contribution in [-0.4, -0.2) is 212 Å². The number of fused-ring (bicyclic) bond motifs is 5. The number of hydrogen-bond donors (Lipinski definition) is 5. The molecule has 2 aromatic rings. The van der Waals surface area contributed by atoms with Crippen LogP contribution in [0.25, 0.3) is 0 Å². The van der Waals surface area contributed by atoms with Gasteiger partial charge in [-0.25, -0.2) is 9.59 Å². The minimum Gasteiger partial charge on any atom is -0.461 e. The Morgan fingerprint density at radius 3 is 1.64 bits per heavy atom. The highest BCUT2D eigenvalue weighted by atomic mass is 16.8. The van der Waals surface area contributed by atoms with Crippen LogP contribution >= 0.6 is 0 Å². The van der Waals surface area contributed by atoms with Crippen LogP contribution < -0.4 is 0 Å². The highest BCUT2D eigenvalue weighted by Crippen LogP contribution is 2.71. The van der Waals surface area contributed by atoms with Gasteiger partial charge in [-0.3, -0.25) is 4.79 Å². The molecule has 4 aliphatic heterocycles. The van der Waals surface area contributed by atoms with Gasteiger partial charge in [-0.2, -0.15) is 0 Å². The summed E-state index contributed by atoms with van der Waals surface area (Å²) < 4.78 is 87.7. The first kappa shape index (κ1) is 64.1. The first-order valence-corrected chi connectivity index (χ1v) is 30.1. The zero-order chi connectivity index (χ0) is 61.0. The Morgan fingerprint density at radius 1 is 0.600 bits per heavy atom. The van der Waals surface area contributed by atoms with Gasteiger partial charge in [-0.05, 0) is 111 Å². The van der Waals surface area contributed by atoms with Crippen LogP contribution in [0.1, 0.15) is 126 Å². The molecule has 10 rings (SSSR count). The fraction of sp³-hybridized carbons (Fsp3) is 0.730. The smallest absolute Gasteiger partial charge is 0.338 e. The second-order valence-corrected chi connectivity index (χ2v) is 25.0. The maximum Gasteiger partial charge on any atom is 0.338 e. The van der Waals surface area contributed by atoms with Gasteiger partial charge in [0.15, 0.2) is 30.9 Å². The maximum atomic E-state index is 14.0. The molecule has 4 heterocycles. The molecule has 0 radical (unpaired) electrons. The van der Waals surface area contributed by atoms with Crippen molar-refractivity contribution in [2.24, 2.45) is 16.7 Å².